The van der Waals surface area contributed by atoms with Gasteiger partial charge in [0.15, 0.2) is 0 Å². The third kappa shape index (κ3) is 2.28. The van der Waals surface area contributed by atoms with Crippen molar-refractivity contribution in [1.82, 2.24) is 0 Å². The lowest BCUT2D eigenvalue weighted by molar-refractivity contribution is 0.470. The van der Waals surface area contributed by atoms with Gasteiger partial charge in [-0.15, -0.1) is 0 Å². The molecule has 0 unspecified atom stereocenters. The predicted octanol–water partition coefficient (Wildman–Crippen LogP) is 4.60. The van der Waals surface area contributed by atoms with E-state index in [9.17, 15) is 5.11 Å². The fraction of sp³-hybridized carbons (Fsp3) is 0.0556. The number of phenols is 1. The molecule has 2 heteroatoms. The number of aliphatic imine (C=N–C) groups is 1. The van der Waals surface area contributed by atoms with Crippen LogP contribution in [0.2, 0.25) is 0 Å². The molecule has 0 aliphatic heterocycles. The zero-order valence-electron chi connectivity index (χ0n) is 11.2. The molecule has 0 heterocycles. The molecule has 0 aliphatic rings. The molecule has 2 nitrogen and oxygen atoms in total. The topological polar surface area (TPSA) is 32.6 Å². The van der Waals surface area contributed by atoms with Crippen molar-refractivity contribution in [2.45, 2.75) is 6.92 Å². The average Bonchev–Trinajstić information content (AvgIpc) is 2.49. The van der Waals surface area contributed by atoms with Crippen molar-refractivity contribution >= 4 is 22.7 Å². The minimum Gasteiger partial charge on any atom is -0.507 e. The molecule has 0 saturated carbocycles. The quantitative estimate of drug-likeness (QED) is 0.671. The van der Waals surface area contributed by atoms with Crippen molar-refractivity contribution in [3.63, 3.8) is 0 Å². The van der Waals surface area contributed by atoms with E-state index in [0.717, 1.165) is 27.6 Å². The molecule has 20 heavy (non-hydrogen) atoms. The van der Waals surface area contributed by atoms with Crippen LogP contribution in [0.5, 0.6) is 5.75 Å². The van der Waals surface area contributed by atoms with Crippen LogP contribution in [0.15, 0.2) is 65.7 Å². The Morgan fingerprint density at radius 3 is 2.55 bits per heavy atom. The second-order valence-corrected chi connectivity index (χ2v) is 4.77. The predicted molar refractivity (Wildman–Crippen MR) is 84.0 cm³/mol. The first-order valence-electron chi connectivity index (χ1n) is 6.56. The number of hydrogen-bond donors (Lipinski definition) is 1. The highest BCUT2D eigenvalue weighted by Gasteiger charge is 2.01. The molecule has 0 atom stereocenters. The molecule has 1 N–H and O–H groups in total. The van der Waals surface area contributed by atoms with E-state index < -0.39 is 0 Å². The smallest absolute Gasteiger partial charge is 0.127 e. The third-order valence-corrected chi connectivity index (χ3v) is 3.38. The number of phenolic OH excluding ortho intramolecular Hbond substituents is 1. The largest absolute Gasteiger partial charge is 0.507 e. The Morgan fingerprint density at radius 1 is 0.900 bits per heavy atom. The number of aryl methyl sites for hydroxylation is 1. The van der Waals surface area contributed by atoms with Gasteiger partial charge in [0.25, 0.3) is 0 Å². The summed E-state index contributed by atoms with van der Waals surface area (Å²) in [5.41, 5.74) is 2.49. The Kier molecular flexibility index (Phi) is 3.21. The Hall–Kier alpha value is -2.61. The summed E-state index contributed by atoms with van der Waals surface area (Å²) < 4.78 is 0. The molecular weight excluding hydrogens is 246 g/mol. The van der Waals surface area contributed by atoms with E-state index in [2.05, 4.69) is 23.2 Å². The fourth-order valence-corrected chi connectivity index (χ4v) is 2.25. The van der Waals surface area contributed by atoms with Crippen LogP contribution < -0.4 is 0 Å². The molecule has 0 saturated heterocycles. The van der Waals surface area contributed by atoms with Gasteiger partial charge in [-0.3, -0.25) is 4.99 Å². The van der Waals surface area contributed by atoms with Gasteiger partial charge in [-0.05, 0) is 30.0 Å². The highest BCUT2D eigenvalue weighted by Crippen LogP contribution is 2.26. The summed E-state index contributed by atoms with van der Waals surface area (Å²) in [5, 5.41) is 12.3. The number of para-hydroxylation sites is 1. The maximum atomic E-state index is 10.00. The van der Waals surface area contributed by atoms with Crippen LogP contribution >= 0.6 is 0 Å². The van der Waals surface area contributed by atoms with Crippen molar-refractivity contribution < 1.29 is 5.11 Å². The summed E-state index contributed by atoms with van der Waals surface area (Å²) >= 11 is 0. The van der Waals surface area contributed by atoms with Gasteiger partial charge in [0.05, 0.1) is 5.69 Å². The zero-order valence-corrected chi connectivity index (χ0v) is 11.2. The summed E-state index contributed by atoms with van der Waals surface area (Å²) in [6, 6.07) is 19.8. The number of nitrogens with zero attached hydrogens (tertiary/aromatic N) is 1. The summed E-state index contributed by atoms with van der Waals surface area (Å²) in [6.45, 7) is 1.88. The minimum absolute atomic E-state index is 0.288. The zero-order chi connectivity index (χ0) is 13.9. The SMILES string of the molecule is Cc1cccc(C=Nc2cccc3ccccc23)c1O. The highest BCUT2D eigenvalue weighted by atomic mass is 16.3. The van der Waals surface area contributed by atoms with Crippen molar-refractivity contribution in [3.8, 4) is 5.75 Å². The minimum atomic E-state index is 0.288. The first-order valence-corrected chi connectivity index (χ1v) is 6.56. The molecular formula is C18H15NO. The first kappa shape index (κ1) is 12.4. The average molecular weight is 261 g/mol. The Morgan fingerprint density at radius 2 is 1.65 bits per heavy atom. The van der Waals surface area contributed by atoms with Crippen LogP contribution in [0.1, 0.15) is 11.1 Å². The molecule has 0 aliphatic carbocycles. The van der Waals surface area contributed by atoms with Crippen LogP contribution in [0, 0.1) is 6.92 Å². The van der Waals surface area contributed by atoms with Gasteiger partial charge in [-0.1, -0.05) is 48.5 Å². The molecule has 3 rings (SSSR count). The van der Waals surface area contributed by atoms with Gasteiger partial charge in [-0.25, -0.2) is 0 Å². The maximum Gasteiger partial charge on any atom is 0.127 e. The molecule has 0 radical (unpaired) electrons. The van der Waals surface area contributed by atoms with E-state index in [1.54, 1.807) is 6.21 Å². The van der Waals surface area contributed by atoms with E-state index in [0.29, 0.717) is 0 Å². The van der Waals surface area contributed by atoms with Crippen molar-refractivity contribution in [1.29, 1.82) is 0 Å². The summed E-state index contributed by atoms with van der Waals surface area (Å²) in [7, 11) is 0. The second-order valence-electron chi connectivity index (χ2n) is 4.77. The van der Waals surface area contributed by atoms with Gasteiger partial charge in [0.2, 0.25) is 0 Å². The number of benzene rings is 3. The first-order chi connectivity index (χ1) is 9.75. The van der Waals surface area contributed by atoms with Crippen LogP contribution in [0.4, 0.5) is 5.69 Å². The summed E-state index contributed by atoms with van der Waals surface area (Å²) in [6.07, 6.45) is 1.71. The molecule has 0 bridgehead atoms. The Bertz CT molecular complexity index is 785. The van der Waals surface area contributed by atoms with Crippen molar-refractivity contribution in [3.05, 3.63) is 71.8 Å². The molecule has 3 aromatic rings. The van der Waals surface area contributed by atoms with Gasteiger partial charge >= 0.3 is 0 Å². The third-order valence-electron chi connectivity index (χ3n) is 3.38. The molecule has 98 valence electrons. The lowest BCUT2D eigenvalue weighted by atomic mass is 10.1. The molecule has 3 aromatic carbocycles. The lowest BCUT2D eigenvalue weighted by Gasteiger charge is -2.03. The van der Waals surface area contributed by atoms with Crippen LogP contribution in [-0.4, -0.2) is 11.3 Å². The number of hydrogen-bond acceptors (Lipinski definition) is 2. The fourth-order valence-electron chi connectivity index (χ4n) is 2.25. The highest BCUT2D eigenvalue weighted by molar-refractivity contribution is 5.95. The van der Waals surface area contributed by atoms with Crippen LogP contribution in [0.25, 0.3) is 10.8 Å². The maximum absolute atomic E-state index is 10.00. The van der Waals surface area contributed by atoms with Crippen molar-refractivity contribution in [2.75, 3.05) is 0 Å². The standard InChI is InChI=1S/C18H15NO/c1-13-6-4-9-15(18(13)20)12-19-17-11-5-8-14-7-2-3-10-16(14)17/h2-12,20H,1H3. The van der Waals surface area contributed by atoms with E-state index in [1.165, 1.54) is 0 Å². The second kappa shape index (κ2) is 5.17. The van der Waals surface area contributed by atoms with Crippen molar-refractivity contribution in [2.24, 2.45) is 4.99 Å². The van der Waals surface area contributed by atoms with Gasteiger partial charge < -0.3 is 5.11 Å². The van der Waals surface area contributed by atoms with E-state index in [1.807, 2.05) is 49.4 Å². The van der Waals surface area contributed by atoms with E-state index in [4.69, 9.17) is 0 Å². The Balaban J connectivity index is 2.05. The lowest BCUT2D eigenvalue weighted by Crippen LogP contribution is -1.85. The van der Waals surface area contributed by atoms with Gasteiger partial charge in [-0.2, -0.15) is 0 Å². The van der Waals surface area contributed by atoms with Gasteiger partial charge in [0.1, 0.15) is 5.75 Å². The Labute approximate surface area is 118 Å². The number of aromatic hydroxyl groups is 1. The van der Waals surface area contributed by atoms with Gasteiger partial charge in [0, 0.05) is 17.2 Å². The summed E-state index contributed by atoms with van der Waals surface area (Å²) in [4.78, 5) is 4.52. The van der Waals surface area contributed by atoms with E-state index in [-0.39, 0.29) is 5.75 Å². The number of fused-ring (bicyclic) bond motifs is 1. The molecule has 0 fully saturated rings. The monoisotopic (exact) mass is 261 g/mol. The molecule has 0 aromatic heterocycles. The molecule has 0 amide bonds. The summed E-state index contributed by atoms with van der Waals surface area (Å²) in [5.74, 6) is 0.288. The normalized spacial score (nSPS) is 11.2. The van der Waals surface area contributed by atoms with E-state index >= 15 is 0 Å². The van der Waals surface area contributed by atoms with Crippen LogP contribution in [-0.2, 0) is 0 Å². The molecule has 0 spiro atoms. The number of rotatable bonds is 2. The van der Waals surface area contributed by atoms with Crippen LogP contribution in [0.3, 0.4) is 0 Å².